The van der Waals surface area contributed by atoms with E-state index in [0.29, 0.717) is 17.9 Å². The van der Waals surface area contributed by atoms with Gasteiger partial charge in [0.1, 0.15) is 30.3 Å². The topological polar surface area (TPSA) is 50.0 Å². The van der Waals surface area contributed by atoms with Crippen LogP contribution in [0.3, 0.4) is 0 Å². The van der Waals surface area contributed by atoms with Gasteiger partial charge in [0.25, 0.3) is 0 Å². The first-order valence-electron chi connectivity index (χ1n) is 8.05. The fraction of sp³-hybridized carbons (Fsp3) is 0.200. The second kappa shape index (κ2) is 7.43. The molecular weight excluding hydrogens is 305 g/mol. The molecule has 1 aromatic heterocycles. The van der Waals surface area contributed by atoms with Crippen molar-refractivity contribution < 1.29 is 19.2 Å². The Bertz CT molecular complexity index is 785. The molecule has 0 radical (unpaired) electrons. The molecule has 3 rings (SSSR count). The predicted molar refractivity (Wildman–Crippen MR) is 90.6 cm³/mol. The van der Waals surface area contributed by atoms with Crippen molar-refractivity contribution >= 4 is 0 Å². The van der Waals surface area contributed by atoms with E-state index in [1.807, 2.05) is 48.6 Å². The van der Waals surface area contributed by atoms with Gasteiger partial charge in [0.2, 0.25) is 0 Å². The quantitative estimate of drug-likeness (QED) is 0.730. The van der Waals surface area contributed by atoms with Crippen molar-refractivity contribution in [3.8, 4) is 11.3 Å². The standard InChI is InChI=1S/C20H20FNO2/c1-14(20(23)15-7-3-2-4-8-15)22-13-16-11-12-19(24-16)17-9-5-6-10-18(17)21/h2-12,14,20,22-23H,13H2,1H3/p+1/t14-,20+/m0/s1. The number of hydrogen-bond donors (Lipinski definition) is 2. The molecule has 124 valence electrons. The summed E-state index contributed by atoms with van der Waals surface area (Å²) in [5.74, 6) is 0.975. The van der Waals surface area contributed by atoms with E-state index < -0.39 is 6.10 Å². The smallest absolute Gasteiger partial charge is 0.158 e. The summed E-state index contributed by atoms with van der Waals surface area (Å²) >= 11 is 0. The van der Waals surface area contributed by atoms with E-state index in [0.717, 1.165) is 11.3 Å². The first kappa shape index (κ1) is 16.4. The molecule has 3 nitrogen and oxygen atoms in total. The maximum absolute atomic E-state index is 13.8. The molecular formula is C20H21FNO2+. The summed E-state index contributed by atoms with van der Waals surface area (Å²) in [6.45, 7) is 2.55. The van der Waals surface area contributed by atoms with Crippen LogP contribution in [0.15, 0.2) is 71.1 Å². The zero-order chi connectivity index (χ0) is 16.9. The van der Waals surface area contributed by atoms with Gasteiger partial charge in [-0.1, -0.05) is 42.5 Å². The number of halogens is 1. The van der Waals surface area contributed by atoms with Crippen LogP contribution in [0.2, 0.25) is 0 Å². The van der Waals surface area contributed by atoms with Crippen LogP contribution >= 0.6 is 0 Å². The van der Waals surface area contributed by atoms with E-state index in [1.165, 1.54) is 6.07 Å². The zero-order valence-corrected chi connectivity index (χ0v) is 13.5. The lowest BCUT2D eigenvalue weighted by atomic mass is 10.0. The average Bonchev–Trinajstić information content (AvgIpc) is 3.09. The summed E-state index contributed by atoms with van der Waals surface area (Å²) in [5, 5.41) is 12.4. The minimum Gasteiger partial charge on any atom is -0.455 e. The second-order valence-corrected chi connectivity index (χ2v) is 5.90. The molecule has 0 aliphatic carbocycles. The monoisotopic (exact) mass is 326 g/mol. The first-order chi connectivity index (χ1) is 11.6. The summed E-state index contributed by atoms with van der Waals surface area (Å²) in [4.78, 5) is 0. The van der Waals surface area contributed by atoms with Gasteiger partial charge >= 0.3 is 0 Å². The Hall–Kier alpha value is -2.43. The summed E-state index contributed by atoms with van der Waals surface area (Å²) in [7, 11) is 0. The van der Waals surface area contributed by atoms with Gasteiger partial charge in [0, 0.05) is 0 Å². The predicted octanol–water partition coefficient (Wildman–Crippen LogP) is 3.27. The zero-order valence-electron chi connectivity index (χ0n) is 13.5. The molecule has 3 aromatic rings. The number of aliphatic hydroxyl groups is 1. The Morgan fingerprint density at radius 2 is 1.71 bits per heavy atom. The van der Waals surface area contributed by atoms with Crippen LogP contribution < -0.4 is 5.32 Å². The number of quaternary nitrogens is 1. The Morgan fingerprint density at radius 1 is 1.00 bits per heavy atom. The normalized spacial score (nSPS) is 13.6. The van der Waals surface area contributed by atoms with Crippen LogP contribution in [-0.2, 0) is 6.54 Å². The molecule has 24 heavy (non-hydrogen) atoms. The lowest BCUT2D eigenvalue weighted by Crippen LogP contribution is -2.88. The van der Waals surface area contributed by atoms with Crippen molar-refractivity contribution in [2.75, 3.05) is 0 Å². The Morgan fingerprint density at radius 3 is 2.46 bits per heavy atom. The molecule has 1 heterocycles. The van der Waals surface area contributed by atoms with Gasteiger partial charge < -0.3 is 14.8 Å². The molecule has 2 atom stereocenters. The lowest BCUT2D eigenvalue weighted by molar-refractivity contribution is -0.710. The third-order valence-electron chi connectivity index (χ3n) is 4.13. The Balaban J connectivity index is 1.62. The van der Waals surface area contributed by atoms with Gasteiger partial charge in [-0.3, -0.25) is 0 Å². The Kier molecular flexibility index (Phi) is 5.08. The molecule has 3 N–H and O–H groups in total. The summed E-state index contributed by atoms with van der Waals surface area (Å²) < 4.78 is 19.5. The van der Waals surface area contributed by atoms with Gasteiger partial charge in [-0.05, 0) is 36.8 Å². The van der Waals surface area contributed by atoms with Crippen LogP contribution in [0.5, 0.6) is 0 Å². The molecule has 0 amide bonds. The molecule has 0 unspecified atom stereocenters. The van der Waals surface area contributed by atoms with Gasteiger partial charge in [0.05, 0.1) is 5.56 Å². The van der Waals surface area contributed by atoms with Crippen LogP contribution in [0, 0.1) is 5.82 Å². The van der Waals surface area contributed by atoms with E-state index in [2.05, 4.69) is 0 Å². The SMILES string of the molecule is C[C@H]([NH2+]Cc1ccc(-c2ccccc2F)o1)[C@@H](O)c1ccccc1. The molecule has 0 aliphatic heterocycles. The van der Waals surface area contributed by atoms with Crippen molar-refractivity contribution in [2.24, 2.45) is 0 Å². The largest absolute Gasteiger partial charge is 0.455 e. The van der Waals surface area contributed by atoms with E-state index in [-0.39, 0.29) is 11.9 Å². The first-order valence-corrected chi connectivity index (χ1v) is 8.05. The summed E-state index contributed by atoms with van der Waals surface area (Å²) in [6, 6.07) is 19.7. The minimum atomic E-state index is -0.549. The van der Waals surface area contributed by atoms with Crippen molar-refractivity contribution in [1.82, 2.24) is 0 Å². The Labute approximate surface area is 140 Å². The van der Waals surface area contributed by atoms with Crippen LogP contribution in [0.25, 0.3) is 11.3 Å². The van der Waals surface area contributed by atoms with Crippen molar-refractivity contribution in [1.29, 1.82) is 0 Å². The molecule has 0 spiro atoms. The molecule has 0 fully saturated rings. The fourth-order valence-electron chi connectivity index (χ4n) is 2.68. The summed E-state index contributed by atoms with van der Waals surface area (Å²) in [5.41, 5.74) is 1.36. The summed E-state index contributed by atoms with van der Waals surface area (Å²) in [6.07, 6.45) is -0.549. The van der Waals surface area contributed by atoms with E-state index in [1.54, 1.807) is 24.3 Å². The molecule has 0 saturated heterocycles. The van der Waals surface area contributed by atoms with Crippen LogP contribution in [0.1, 0.15) is 24.4 Å². The highest BCUT2D eigenvalue weighted by Crippen LogP contribution is 2.24. The molecule has 0 saturated carbocycles. The molecule has 0 bridgehead atoms. The third-order valence-corrected chi connectivity index (χ3v) is 4.13. The third kappa shape index (κ3) is 3.72. The van der Waals surface area contributed by atoms with E-state index >= 15 is 0 Å². The second-order valence-electron chi connectivity index (χ2n) is 5.90. The van der Waals surface area contributed by atoms with Crippen LogP contribution in [0.4, 0.5) is 4.39 Å². The molecule has 4 heteroatoms. The molecule has 2 aromatic carbocycles. The van der Waals surface area contributed by atoms with Gasteiger partial charge in [-0.2, -0.15) is 0 Å². The van der Waals surface area contributed by atoms with Crippen LogP contribution in [-0.4, -0.2) is 11.1 Å². The van der Waals surface area contributed by atoms with Gasteiger partial charge in [-0.15, -0.1) is 0 Å². The van der Waals surface area contributed by atoms with Crippen molar-refractivity contribution in [3.05, 3.63) is 83.9 Å². The number of rotatable bonds is 6. The number of hydrogen-bond acceptors (Lipinski definition) is 2. The van der Waals surface area contributed by atoms with Gasteiger partial charge in [0.15, 0.2) is 5.76 Å². The number of aliphatic hydroxyl groups excluding tert-OH is 1. The number of furan rings is 1. The van der Waals surface area contributed by atoms with E-state index in [4.69, 9.17) is 4.42 Å². The maximum atomic E-state index is 13.8. The highest BCUT2D eigenvalue weighted by atomic mass is 19.1. The maximum Gasteiger partial charge on any atom is 0.158 e. The minimum absolute atomic E-state index is 0.0191. The van der Waals surface area contributed by atoms with Crippen molar-refractivity contribution in [3.63, 3.8) is 0 Å². The fourth-order valence-corrected chi connectivity index (χ4v) is 2.68. The van der Waals surface area contributed by atoms with E-state index in [9.17, 15) is 9.50 Å². The highest BCUT2D eigenvalue weighted by Gasteiger charge is 2.19. The average molecular weight is 326 g/mol. The molecule has 0 aliphatic rings. The highest BCUT2D eigenvalue weighted by molar-refractivity contribution is 5.58. The number of nitrogens with two attached hydrogens (primary N) is 1. The van der Waals surface area contributed by atoms with Gasteiger partial charge in [-0.25, -0.2) is 4.39 Å². The number of benzene rings is 2. The van der Waals surface area contributed by atoms with Crippen molar-refractivity contribution in [2.45, 2.75) is 25.6 Å². The lowest BCUT2D eigenvalue weighted by Gasteiger charge is -2.17.